The van der Waals surface area contributed by atoms with Crippen molar-refractivity contribution >= 4 is 94.3 Å². The Morgan fingerprint density at radius 1 is 0.264 bits per heavy atom. The number of benzene rings is 10. The van der Waals surface area contributed by atoms with E-state index in [1.165, 1.54) is 63.7 Å². The highest BCUT2D eigenvalue weighted by Crippen LogP contribution is 2.57. The van der Waals surface area contributed by atoms with Crippen molar-refractivity contribution in [3.05, 3.63) is 291 Å². The SMILES string of the molecule is c1ccc(P(c2ccccc2)c2ccccc2[P+](N[C@H]2CCCC[C@@H]2N[P+](c2ccccc2)(c2ccccc2)c2ccccc2P(c2ccccc2)c2ccccc2)(c2ccccc2)c2ccccc2)cc1. The second kappa shape index (κ2) is 22.7. The van der Waals surface area contributed by atoms with Crippen molar-refractivity contribution < 1.29 is 0 Å². The van der Waals surface area contributed by atoms with Gasteiger partial charge in [0.1, 0.15) is 31.8 Å². The fourth-order valence-corrected chi connectivity index (χ4v) is 25.2. The Balaban J connectivity index is 1.13. The molecule has 1 aliphatic rings. The van der Waals surface area contributed by atoms with E-state index in [2.05, 4.69) is 291 Å². The molecule has 0 amide bonds. The highest BCUT2D eigenvalue weighted by atomic mass is 31.2. The van der Waals surface area contributed by atoms with Crippen LogP contribution in [-0.2, 0) is 0 Å². The predicted octanol–water partition coefficient (Wildman–Crippen LogP) is 10.8. The Kier molecular flexibility index (Phi) is 15.2. The molecule has 6 heteroatoms. The Hall–Kier alpha value is -6.16. The van der Waals surface area contributed by atoms with Crippen molar-refractivity contribution in [2.24, 2.45) is 0 Å². The summed E-state index contributed by atoms with van der Waals surface area (Å²) >= 11 is 0. The van der Waals surface area contributed by atoms with Crippen LogP contribution in [0.1, 0.15) is 25.7 Å². The molecule has 2 atom stereocenters. The molecule has 352 valence electrons. The summed E-state index contributed by atoms with van der Waals surface area (Å²) in [5, 5.41) is 26.0. The van der Waals surface area contributed by atoms with Crippen LogP contribution in [-0.4, -0.2) is 12.1 Å². The lowest BCUT2D eigenvalue weighted by atomic mass is 9.92. The first-order valence-electron chi connectivity index (χ1n) is 25.3. The number of hydrogen-bond acceptors (Lipinski definition) is 2. The molecule has 1 fully saturated rings. The van der Waals surface area contributed by atoms with Gasteiger partial charge in [0.25, 0.3) is 0 Å². The lowest BCUT2D eigenvalue weighted by Gasteiger charge is -2.41. The molecule has 0 spiro atoms. The van der Waals surface area contributed by atoms with Gasteiger partial charge in [0, 0.05) is 10.6 Å². The Bertz CT molecular complexity index is 2880. The molecular weight excluding hydrogens is 945 g/mol. The van der Waals surface area contributed by atoms with E-state index >= 15 is 0 Å². The molecule has 1 saturated carbocycles. The highest BCUT2D eigenvalue weighted by Gasteiger charge is 2.55. The maximum Gasteiger partial charge on any atom is 0.179 e. The molecule has 0 bridgehead atoms. The third-order valence-corrected chi connectivity index (χ3v) is 27.4. The summed E-state index contributed by atoms with van der Waals surface area (Å²) in [6.07, 6.45) is 4.43. The van der Waals surface area contributed by atoms with Crippen LogP contribution < -0.4 is 73.8 Å². The zero-order valence-corrected chi connectivity index (χ0v) is 44.1. The van der Waals surface area contributed by atoms with Crippen LogP contribution in [0.15, 0.2) is 291 Å². The number of nitrogens with one attached hydrogen (secondary N) is 2. The van der Waals surface area contributed by atoms with Gasteiger partial charge in [-0.1, -0.05) is 231 Å². The molecule has 0 saturated heterocycles. The van der Waals surface area contributed by atoms with Gasteiger partial charge in [-0.05, 0) is 123 Å². The molecule has 0 aliphatic heterocycles. The summed E-state index contributed by atoms with van der Waals surface area (Å²) in [5.41, 5.74) is 0. The van der Waals surface area contributed by atoms with Gasteiger partial charge in [-0.15, -0.1) is 0 Å². The van der Waals surface area contributed by atoms with Crippen molar-refractivity contribution in [3.8, 4) is 0 Å². The Morgan fingerprint density at radius 2 is 0.486 bits per heavy atom. The third kappa shape index (κ3) is 9.74. The maximum atomic E-state index is 4.81. The Labute approximate surface area is 431 Å². The van der Waals surface area contributed by atoms with Gasteiger partial charge in [0.2, 0.25) is 0 Å². The summed E-state index contributed by atoms with van der Waals surface area (Å²) in [6.45, 7) is 0. The van der Waals surface area contributed by atoms with Gasteiger partial charge < -0.3 is 0 Å². The van der Waals surface area contributed by atoms with Gasteiger partial charge in [-0.3, -0.25) is 0 Å². The minimum atomic E-state index is -2.64. The van der Waals surface area contributed by atoms with E-state index in [0.717, 1.165) is 25.7 Å². The fraction of sp³-hybridized carbons (Fsp3) is 0.0909. The average Bonchev–Trinajstić information content (AvgIpc) is 3.47. The molecule has 2 nitrogen and oxygen atoms in total. The van der Waals surface area contributed by atoms with Gasteiger partial charge in [-0.2, -0.15) is 10.2 Å². The van der Waals surface area contributed by atoms with E-state index < -0.39 is 30.7 Å². The monoisotopic (exact) mass is 1000 g/mol. The molecule has 10 aromatic carbocycles. The van der Waals surface area contributed by atoms with Gasteiger partial charge in [0.15, 0.2) is 14.8 Å². The van der Waals surface area contributed by atoms with E-state index in [-0.39, 0.29) is 12.1 Å². The highest BCUT2D eigenvalue weighted by molar-refractivity contribution is 7.96. The van der Waals surface area contributed by atoms with E-state index in [1.807, 2.05) is 0 Å². The largest absolute Gasteiger partial charge is 0.179 e. The van der Waals surface area contributed by atoms with Crippen molar-refractivity contribution in [2.45, 2.75) is 37.8 Å². The summed E-state index contributed by atoms with van der Waals surface area (Å²) < 4.78 is 0. The lowest BCUT2D eigenvalue weighted by molar-refractivity contribution is 0.349. The van der Waals surface area contributed by atoms with Crippen molar-refractivity contribution in [1.29, 1.82) is 0 Å². The standard InChI is InChI=1S/C66H60N2P4/c1-9-31-53(32-10-1)69(54-33-11-2-12-34-54)63-49-27-29-51-65(63)71(57-39-17-5-18-40-57,58-41-19-6-20-42-58)67-61-47-25-26-48-62(61)68-72(59-43-21-7-22-44-59,60-45-23-8-24-46-60)66-52-30-28-50-64(66)70(55-35-13-3-14-36-55)56-37-15-4-16-38-56/h1-24,27-46,49-52,61-62,67-68H,25-26,47-48H2/q+2/t61-,62-/m0/s1. The summed E-state index contributed by atoms with van der Waals surface area (Å²) in [7, 11) is -7.13. The second-order valence-corrected chi connectivity index (χ2v) is 29.0. The fourth-order valence-electron chi connectivity index (χ4n) is 10.9. The van der Waals surface area contributed by atoms with Crippen LogP contribution in [0.2, 0.25) is 0 Å². The maximum absolute atomic E-state index is 4.81. The Morgan fingerprint density at radius 3 is 0.750 bits per heavy atom. The first-order chi connectivity index (χ1) is 35.7. The van der Waals surface area contributed by atoms with Crippen LogP contribution >= 0.6 is 30.7 Å². The summed E-state index contributed by atoms with van der Waals surface area (Å²) in [4.78, 5) is 0. The quantitative estimate of drug-likeness (QED) is 0.0943. The molecule has 10 aromatic rings. The minimum Gasteiger partial charge on any atom is -0.174 e. The molecule has 11 rings (SSSR count). The normalized spacial score (nSPS) is 15.1. The number of rotatable bonds is 16. The zero-order chi connectivity index (χ0) is 48.4. The van der Waals surface area contributed by atoms with E-state index in [1.54, 1.807) is 0 Å². The molecule has 72 heavy (non-hydrogen) atoms. The van der Waals surface area contributed by atoms with E-state index in [9.17, 15) is 0 Å². The van der Waals surface area contributed by atoms with Gasteiger partial charge >= 0.3 is 0 Å². The van der Waals surface area contributed by atoms with E-state index in [0.29, 0.717) is 0 Å². The smallest absolute Gasteiger partial charge is 0.174 e. The third-order valence-electron chi connectivity index (χ3n) is 14.1. The molecule has 0 radical (unpaired) electrons. The van der Waals surface area contributed by atoms with Crippen molar-refractivity contribution in [3.63, 3.8) is 0 Å². The van der Waals surface area contributed by atoms with Crippen LogP contribution in [0.5, 0.6) is 0 Å². The van der Waals surface area contributed by atoms with E-state index in [4.69, 9.17) is 10.2 Å². The summed E-state index contributed by atoms with van der Waals surface area (Å²) in [6, 6.07) is 110. The van der Waals surface area contributed by atoms with Crippen LogP contribution in [0.4, 0.5) is 0 Å². The van der Waals surface area contributed by atoms with Crippen LogP contribution in [0.3, 0.4) is 0 Å². The molecule has 0 unspecified atom stereocenters. The summed E-state index contributed by atoms with van der Waals surface area (Å²) in [5.74, 6) is 0. The number of hydrogen-bond donors (Lipinski definition) is 2. The second-order valence-electron chi connectivity index (χ2n) is 18.4. The van der Waals surface area contributed by atoms with Crippen LogP contribution in [0.25, 0.3) is 0 Å². The average molecular weight is 1010 g/mol. The topological polar surface area (TPSA) is 24.1 Å². The van der Waals surface area contributed by atoms with Gasteiger partial charge in [0.05, 0.1) is 12.1 Å². The molecule has 0 heterocycles. The minimum absolute atomic E-state index is 0.129. The van der Waals surface area contributed by atoms with Gasteiger partial charge in [-0.25, -0.2) is 0 Å². The lowest BCUT2D eigenvalue weighted by Crippen LogP contribution is -2.58. The first-order valence-corrected chi connectivity index (χ1v) is 31.6. The van der Waals surface area contributed by atoms with Crippen LogP contribution in [0, 0.1) is 0 Å². The van der Waals surface area contributed by atoms with Crippen molar-refractivity contribution in [1.82, 2.24) is 10.2 Å². The van der Waals surface area contributed by atoms with Crippen molar-refractivity contribution in [2.75, 3.05) is 0 Å². The zero-order valence-electron chi connectivity index (χ0n) is 40.5. The molecule has 1 aliphatic carbocycles. The molecule has 2 N–H and O–H groups in total. The predicted molar refractivity (Wildman–Crippen MR) is 320 cm³/mol. The molecular formula is C66H60N2P4+2. The first kappa shape index (κ1) is 48.1. The molecule has 0 aromatic heterocycles.